The SMILES string of the molecule is COc1cc(N2CCc3nc(NC(=O)Nc4ccccc4C(=O)OC(C)(C)C)sc3C2)nc(OC)n1. The molecule has 0 unspecified atom stereocenters. The van der Waals surface area contributed by atoms with Gasteiger partial charge >= 0.3 is 18.0 Å². The van der Waals surface area contributed by atoms with Crippen molar-refractivity contribution in [3.8, 4) is 11.9 Å². The van der Waals surface area contributed by atoms with Crippen LogP contribution in [0.25, 0.3) is 0 Å². The van der Waals surface area contributed by atoms with Crippen LogP contribution < -0.4 is 25.0 Å². The number of esters is 1. The highest BCUT2D eigenvalue weighted by molar-refractivity contribution is 7.15. The van der Waals surface area contributed by atoms with Crippen LogP contribution in [0.1, 0.15) is 41.7 Å². The molecule has 1 aliphatic heterocycles. The normalized spacial score (nSPS) is 13.0. The Balaban J connectivity index is 1.44. The average molecular weight is 513 g/mol. The van der Waals surface area contributed by atoms with Gasteiger partial charge in [-0.05, 0) is 32.9 Å². The number of methoxy groups -OCH3 is 2. The molecule has 0 fully saturated rings. The highest BCUT2D eigenvalue weighted by Gasteiger charge is 2.24. The summed E-state index contributed by atoms with van der Waals surface area (Å²) < 4.78 is 15.9. The zero-order valence-corrected chi connectivity index (χ0v) is 21.6. The number of fused-ring (bicyclic) bond motifs is 1. The van der Waals surface area contributed by atoms with Crippen LogP contribution in [0.4, 0.5) is 21.4 Å². The number of benzene rings is 1. The number of nitrogens with zero attached hydrogens (tertiary/aromatic N) is 4. The first-order chi connectivity index (χ1) is 17.1. The lowest BCUT2D eigenvalue weighted by Gasteiger charge is -2.27. The van der Waals surface area contributed by atoms with E-state index in [0.29, 0.717) is 42.0 Å². The Labute approximate surface area is 212 Å². The smallest absolute Gasteiger partial charge is 0.340 e. The van der Waals surface area contributed by atoms with Gasteiger partial charge in [-0.25, -0.2) is 14.6 Å². The summed E-state index contributed by atoms with van der Waals surface area (Å²) in [6.07, 6.45) is 0.686. The number of hydrogen-bond acceptors (Lipinski definition) is 10. The van der Waals surface area contributed by atoms with E-state index in [0.717, 1.165) is 10.6 Å². The molecular weight excluding hydrogens is 484 g/mol. The molecule has 2 aromatic heterocycles. The van der Waals surface area contributed by atoms with Crippen molar-refractivity contribution in [3.63, 3.8) is 0 Å². The van der Waals surface area contributed by atoms with Crippen LogP contribution in [0.2, 0.25) is 0 Å². The molecule has 4 rings (SSSR count). The summed E-state index contributed by atoms with van der Waals surface area (Å²) >= 11 is 1.39. The second-order valence-electron chi connectivity index (χ2n) is 8.94. The van der Waals surface area contributed by atoms with Crippen molar-refractivity contribution in [2.24, 2.45) is 0 Å². The molecule has 0 saturated heterocycles. The number of carbonyl (C=O) groups excluding carboxylic acids is 2. The minimum Gasteiger partial charge on any atom is -0.481 e. The Morgan fingerprint density at radius 3 is 2.56 bits per heavy atom. The Morgan fingerprint density at radius 2 is 1.83 bits per heavy atom. The number of rotatable bonds is 6. The van der Waals surface area contributed by atoms with E-state index in [1.807, 2.05) is 0 Å². The number of aromatic nitrogens is 3. The largest absolute Gasteiger partial charge is 0.481 e. The van der Waals surface area contributed by atoms with Crippen LogP contribution in [0.5, 0.6) is 11.9 Å². The van der Waals surface area contributed by atoms with Crippen LogP contribution in [-0.4, -0.2) is 53.3 Å². The second-order valence-corrected chi connectivity index (χ2v) is 10.0. The topological polar surface area (TPSA) is 128 Å². The average Bonchev–Trinajstić information content (AvgIpc) is 3.24. The van der Waals surface area contributed by atoms with Gasteiger partial charge in [0.2, 0.25) is 5.88 Å². The van der Waals surface area contributed by atoms with Gasteiger partial charge < -0.3 is 24.4 Å². The number of nitrogens with one attached hydrogen (secondary N) is 2. The molecule has 0 atom stereocenters. The molecule has 0 radical (unpaired) electrons. The minimum absolute atomic E-state index is 0.227. The van der Waals surface area contributed by atoms with Crippen molar-refractivity contribution in [1.29, 1.82) is 0 Å². The summed E-state index contributed by atoms with van der Waals surface area (Å²) in [5, 5.41) is 5.97. The molecule has 0 saturated carbocycles. The zero-order valence-electron chi connectivity index (χ0n) is 20.7. The van der Waals surface area contributed by atoms with Crippen LogP contribution in [0.15, 0.2) is 30.3 Å². The van der Waals surface area contributed by atoms with Gasteiger partial charge in [-0.1, -0.05) is 23.5 Å². The number of amides is 2. The number of anilines is 3. The van der Waals surface area contributed by atoms with Crippen LogP contribution in [0, 0.1) is 0 Å². The summed E-state index contributed by atoms with van der Waals surface area (Å²) in [4.78, 5) is 41.5. The van der Waals surface area contributed by atoms with Crippen molar-refractivity contribution >= 4 is 40.0 Å². The number of thiazole rings is 1. The lowest BCUT2D eigenvalue weighted by atomic mass is 10.1. The predicted octanol–water partition coefficient (Wildman–Crippen LogP) is 4.11. The number of para-hydroxylation sites is 1. The van der Waals surface area contributed by atoms with E-state index in [2.05, 4.69) is 30.5 Å². The molecule has 190 valence electrons. The third-order valence-electron chi connectivity index (χ3n) is 5.13. The summed E-state index contributed by atoms with van der Waals surface area (Å²) in [5.41, 5.74) is 0.895. The van der Waals surface area contributed by atoms with E-state index in [1.165, 1.54) is 25.6 Å². The summed E-state index contributed by atoms with van der Waals surface area (Å²) in [6.45, 7) is 6.63. The molecule has 36 heavy (non-hydrogen) atoms. The van der Waals surface area contributed by atoms with Crippen molar-refractivity contribution in [2.75, 3.05) is 36.3 Å². The number of carbonyl (C=O) groups is 2. The van der Waals surface area contributed by atoms with E-state index in [9.17, 15) is 9.59 Å². The lowest BCUT2D eigenvalue weighted by molar-refractivity contribution is 0.00707. The van der Waals surface area contributed by atoms with Crippen molar-refractivity contribution in [1.82, 2.24) is 15.0 Å². The lowest BCUT2D eigenvalue weighted by Crippen LogP contribution is -2.30. The molecule has 3 aromatic rings. The fraction of sp³-hybridized carbons (Fsp3) is 0.375. The van der Waals surface area contributed by atoms with Crippen LogP contribution >= 0.6 is 11.3 Å². The molecular formula is C24H28N6O5S. The molecule has 0 aliphatic carbocycles. The van der Waals surface area contributed by atoms with E-state index < -0.39 is 17.6 Å². The fourth-order valence-corrected chi connectivity index (χ4v) is 4.57. The molecule has 2 amide bonds. The monoisotopic (exact) mass is 512 g/mol. The standard InChI is InChI=1S/C24H28N6O5S/c1-24(2,3)35-20(31)14-8-6-7-9-15(14)25-21(32)29-23-26-16-10-11-30(13-17(16)36-23)18-12-19(33-4)28-22(27-18)34-5/h6-9,12H,10-11,13H2,1-5H3,(H2,25,26,29,32). The van der Waals surface area contributed by atoms with Gasteiger partial charge in [0.05, 0.1) is 37.7 Å². The first-order valence-corrected chi connectivity index (χ1v) is 12.1. The van der Waals surface area contributed by atoms with Gasteiger partial charge in [-0.15, -0.1) is 0 Å². The molecule has 2 N–H and O–H groups in total. The highest BCUT2D eigenvalue weighted by atomic mass is 32.1. The van der Waals surface area contributed by atoms with Crippen LogP contribution in [-0.2, 0) is 17.7 Å². The third-order valence-corrected chi connectivity index (χ3v) is 6.13. The number of urea groups is 1. The second kappa shape index (κ2) is 10.4. The quantitative estimate of drug-likeness (QED) is 0.469. The number of ether oxygens (including phenoxy) is 3. The van der Waals surface area contributed by atoms with Crippen molar-refractivity contribution < 1.29 is 23.8 Å². The van der Waals surface area contributed by atoms with Gasteiger partial charge in [0, 0.05) is 23.9 Å². The molecule has 0 spiro atoms. The first-order valence-electron chi connectivity index (χ1n) is 11.3. The van der Waals surface area contributed by atoms with Crippen molar-refractivity contribution in [2.45, 2.75) is 39.3 Å². The van der Waals surface area contributed by atoms with Gasteiger partial charge in [-0.3, -0.25) is 5.32 Å². The van der Waals surface area contributed by atoms with Crippen molar-refractivity contribution in [3.05, 3.63) is 46.5 Å². The molecule has 1 aromatic carbocycles. The molecule has 0 bridgehead atoms. The van der Waals surface area contributed by atoms with E-state index in [4.69, 9.17) is 14.2 Å². The van der Waals surface area contributed by atoms with Gasteiger partial charge in [0.1, 0.15) is 11.4 Å². The molecule has 12 heteroatoms. The molecule has 3 heterocycles. The zero-order chi connectivity index (χ0) is 25.9. The fourth-order valence-electron chi connectivity index (χ4n) is 3.55. The summed E-state index contributed by atoms with van der Waals surface area (Å²) in [7, 11) is 3.04. The number of hydrogen-bond donors (Lipinski definition) is 2. The molecule has 1 aliphatic rings. The van der Waals surface area contributed by atoms with E-state index >= 15 is 0 Å². The third kappa shape index (κ3) is 6.00. The Hall–Kier alpha value is -3.93. The predicted molar refractivity (Wildman–Crippen MR) is 136 cm³/mol. The maximum absolute atomic E-state index is 12.7. The summed E-state index contributed by atoms with van der Waals surface area (Å²) in [6, 6.07) is 8.18. The Morgan fingerprint density at radius 1 is 1.06 bits per heavy atom. The minimum atomic E-state index is -0.650. The summed E-state index contributed by atoms with van der Waals surface area (Å²) in [5.74, 6) is 0.586. The van der Waals surface area contributed by atoms with E-state index in [-0.39, 0.29) is 11.6 Å². The van der Waals surface area contributed by atoms with Crippen LogP contribution in [0.3, 0.4) is 0 Å². The Bertz CT molecular complexity index is 1250. The van der Waals surface area contributed by atoms with Gasteiger partial charge in [-0.2, -0.15) is 9.97 Å². The van der Waals surface area contributed by atoms with Gasteiger partial charge in [0.15, 0.2) is 5.13 Å². The maximum Gasteiger partial charge on any atom is 0.340 e. The maximum atomic E-state index is 12.7. The molecule has 11 nitrogen and oxygen atoms in total. The van der Waals surface area contributed by atoms with Gasteiger partial charge in [0.25, 0.3) is 0 Å². The Kier molecular flexibility index (Phi) is 7.25. The first kappa shape index (κ1) is 25.2. The highest BCUT2D eigenvalue weighted by Crippen LogP contribution is 2.32. The van der Waals surface area contributed by atoms with E-state index in [1.54, 1.807) is 51.1 Å².